The Morgan fingerprint density at radius 1 is 1.40 bits per heavy atom. The van der Waals surface area contributed by atoms with Crippen molar-refractivity contribution in [2.45, 2.75) is 13.0 Å². The highest BCUT2D eigenvalue weighted by Gasteiger charge is 2.24. The van der Waals surface area contributed by atoms with Gasteiger partial charge in [-0.2, -0.15) is 5.26 Å². The Labute approximate surface area is 119 Å². The minimum absolute atomic E-state index is 0.0303. The maximum absolute atomic E-state index is 12.7. The number of hydrogen-bond donors (Lipinski definition) is 1. The van der Waals surface area contributed by atoms with E-state index in [-0.39, 0.29) is 5.43 Å². The van der Waals surface area contributed by atoms with Crippen molar-refractivity contribution in [2.75, 3.05) is 11.9 Å². The van der Waals surface area contributed by atoms with Crippen LogP contribution in [-0.2, 0) is 6.54 Å². The zero-order chi connectivity index (χ0) is 13.7. The van der Waals surface area contributed by atoms with E-state index >= 15 is 0 Å². The number of aryl methyl sites for hydroxylation is 1. The SMILES string of the molecule is N#Cc1c2ccn3c(c-2c(=O)c2sccc12)NCCC3. The summed E-state index contributed by atoms with van der Waals surface area (Å²) in [6.45, 7) is 1.77. The van der Waals surface area contributed by atoms with Crippen LogP contribution < -0.4 is 10.7 Å². The van der Waals surface area contributed by atoms with Crippen molar-refractivity contribution in [3.05, 3.63) is 39.5 Å². The van der Waals surface area contributed by atoms with E-state index in [1.54, 1.807) is 0 Å². The van der Waals surface area contributed by atoms with Crippen LogP contribution in [0, 0.1) is 11.3 Å². The molecule has 0 amide bonds. The molecule has 1 aromatic heterocycles. The second-order valence-electron chi connectivity index (χ2n) is 4.91. The molecule has 20 heavy (non-hydrogen) atoms. The number of anilines is 1. The van der Waals surface area contributed by atoms with Gasteiger partial charge in [-0.1, -0.05) is 0 Å². The molecule has 0 saturated heterocycles. The van der Waals surface area contributed by atoms with Gasteiger partial charge in [0, 0.05) is 30.2 Å². The number of hydrogen-bond acceptors (Lipinski definition) is 4. The van der Waals surface area contributed by atoms with Crippen LogP contribution in [-0.4, -0.2) is 11.1 Å². The fraction of sp³-hybridized carbons (Fsp3) is 0.200. The lowest BCUT2D eigenvalue weighted by Gasteiger charge is -2.25. The Morgan fingerprint density at radius 2 is 2.30 bits per heavy atom. The molecule has 4 nitrogen and oxygen atoms in total. The zero-order valence-corrected chi connectivity index (χ0v) is 11.5. The maximum atomic E-state index is 12.7. The summed E-state index contributed by atoms with van der Waals surface area (Å²) in [6.07, 6.45) is 3.01. The minimum atomic E-state index is 0.0303. The quantitative estimate of drug-likeness (QED) is 0.689. The third kappa shape index (κ3) is 1.37. The maximum Gasteiger partial charge on any atom is 0.207 e. The van der Waals surface area contributed by atoms with E-state index in [2.05, 4.69) is 16.0 Å². The molecule has 1 N–H and O–H groups in total. The summed E-state index contributed by atoms with van der Waals surface area (Å²) in [5, 5.41) is 15.4. The molecule has 0 fully saturated rings. The monoisotopic (exact) mass is 281 g/mol. The summed E-state index contributed by atoms with van der Waals surface area (Å²) >= 11 is 1.41. The van der Waals surface area contributed by atoms with Crippen LogP contribution in [0.4, 0.5) is 5.82 Å². The molecule has 3 aliphatic rings. The number of rotatable bonds is 0. The summed E-state index contributed by atoms with van der Waals surface area (Å²) in [5.41, 5.74) is 2.04. The first-order chi connectivity index (χ1) is 9.81. The zero-order valence-electron chi connectivity index (χ0n) is 10.6. The van der Waals surface area contributed by atoms with Gasteiger partial charge in [0.1, 0.15) is 11.9 Å². The number of pyridine rings is 1. The van der Waals surface area contributed by atoms with E-state index in [4.69, 9.17) is 0 Å². The van der Waals surface area contributed by atoms with Crippen molar-refractivity contribution in [1.82, 2.24) is 4.57 Å². The molecule has 4 rings (SSSR count). The number of benzene rings is 1. The molecule has 2 aliphatic heterocycles. The van der Waals surface area contributed by atoms with Gasteiger partial charge in [0.25, 0.3) is 0 Å². The first-order valence-electron chi connectivity index (χ1n) is 6.51. The van der Waals surface area contributed by atoms with Crippen molar-refractivity contribution in [3.63, 3.8) is 0 Å². The largest absolute Gasteiger partial charge is 0.371 e. The van der Waals surface area contributed by atoms with Crippen molar-refractivity contribution in [2.24, 2.45) is 0 Å². The molecular weight excluding hydrogens is 270 g/mol. The molecule has 3 heterocycles. The topological polar surface area (TPSA) is 57.8 Å². The van der Waals surface area contributed by atoms with E-state index < -0.39 is 0 Å². The Morgan fingerprint density at radius 3 is 3.15 bits per heavy atom. The molecule has 5 heteroatoms. The first kappa shape index (κ1) is 11.5. The van der Waals surface area contributed by atoms with Crippen molar-refractivity contribution in [1.29, 1.82) is 5.26 Å². The normalized spacial score (nSPS) is 13.9. The van der Waals surface area contributed by atoms with Crippen molar-refractivity contribution in [3.8, 4) is 17.2 Å². The number of nitrogens with zero attached hydrogens (tertiary/aromatic N) is 2. The van der Waals surface area contributed by atoms with E-state index in [0.29, 0.717) is 15.8 Å². The summed E-state index contributed by atoms with van der Waals surface area (Å²) in [4.78, 5) is 12.7. The predicted molar refractivity (Wildman–Crippen MR) is 80.5 cm³/mol. The summed E-state index contributed by atoms with van der Waals surface area (Å²) in [5.74, 6) is 0.852. The fourth-order valence-electron chi connectivity index (χ4n) is 2.93. The highest BCUT2D eigenvalue weighted by molar-refractivity contribution is 7.17. The number of aromatic nitrogens is 1. The lowest BCUT2D eigenvalue weighted by Crippen LogP contribution is -2.23. The molecule has 1 aliphatic carbocycles. The Hall–Kier alpha value is -2.32. The van der Waals surface area contributed by atoms with Crippen LogP contribution in [0.2, 0.25) is 0 Å². The molecule has 0 unspecified atom stereocenters. The standard InChI is InChI=1S/C15H11N3OS/c16-8-11-9-2-6-18-5-1-4-17-15(18)12(9)13(19)14-10(11)3-7-20-14/h2-3,6-7,17H,1,4-5H2. The van der Waals surface area contributed by atoms with Crippen LogP contribution >= 0.6 is 11.3 Å². The average molecular weight is 281 g/mol. The molecule has 0 radical (unpaired) electrons. The molecule has 0 aromatic carbocycles. The van der Waals surface area contributed by atoms with Gasteiger partial charge in [-0.15, -0.1) is 11.3 Å². The van der Waals surface area contributed by atoms with E-state index in [9.17, 15) is 10.1 Å². The van der Waals surface area contributed by atoms with Crippen molar-refractivity contribution < 1.29 is 0 Å². The fourth-order valence-corrected chi connectivity index (χ4v) is 3.77. The van der Waals surface area contributed by atoms with E-state index in [0.717, 1.165) is 36.3 Å². The minimum Gasteiger partial charge on any atom is -0.371 e. The van der Waals surface area contributed by atoms with E-state index in [1.807, 2.05) is 23.7 Å². The third-order valence-electron chi connectivity index (χ3n) is 3.83. The van der Waals surface area contributed by atoms with Crippen LogP contribution in [0.15, 0.2) is 28.5 Å². The van der Waals surface area contributed by atoms with Crippen molar-refractivity contribution >= 4 is 27.2 Å². The van der Waals surface area contributed by atoms with Crippen LogP contribution in [0.25, 0.3) is 21.2 Å². The lowest BCUT2D eigenvalue weighted by atomic mass is 9.95. The second kappa shape index (κ2) is 4.09. The number of thiophene rings is 1. The van der Waals surface area contributed by atoms with Gasteiger partial charge < -0.3 is 9.88 Å². The summed E-state index contributed by atoms with van der Waals surface area (Å²) < 4.78 is 2.74. The molecule has 0 atom stereocenters. The van der Waals surface area contributed by atoms with Gasteiger partial charge >= 0.3 is 0 Å². The summed E-state index contributed by atoms with van der Waals surface area (Å²) in [7, 11) is 0. The number of fused-ring (bicyclic) bond motifs is 4. The number of nitrogens with one attached hydrogen (secondary N) is 1. The van der Waals surface area contributed by atoms with E-state index in [1.165, 1.54) is 11.3 Å². The third-order valence-corrected chi connectivity index (χ3v) is 4.74. The molecule has 0 spiro atoms. The van der Waals surface area contributed by atoms with Crippen LogP contribution in [0.1, 0.15) is 12.0 Å². The van der Waals surface area contributed by atoms with Gasteiger partial charge in [-0.05, 0) is 23.9 Å². The molecule has 1 aromatic rings. The van der Waals surface area contributed by atoms with Gasteiger partial charge in [0.15, 0.2) is 0 Å². The van der Waals surface area contributed by atoms with Crippen LogP contribution in [0.3, 0.4) is 0 Å². The lowest BCUT2D eigenvalue weighted by molar-refractivity contribution is 0.626. The van der Waals surface area contributed by atoms with Gasteiger partial charge in [0.05, 0.1) is 15.8 Å². The molecule has 0 bridgehead atoms. The summed E-state index contributed by atoms with van der Waals surface area (Å²) in [6, 6.07) is 6.02. The van der Waals surface area contributed by atoms with Gasteiger partial charge in [-0.3, -0.25) is 4.79 Å². The van der Waals surface area contributed by atoms with Gasteiger partial charge in [0.2, 0.25) is 5.43 Å². The molecular formula is C15H11N3OS. The predicted octanol–water partition coefficient (Wildman–Crippen LogP) is 2.86. The Kier molecular flexibility index (Phi) is 2.35. The Bertz CT molecular complexity index is 900. The average Bonchev–Trinajstić information content (AvgIpc) is 2.97. The second-order valence-corrected chi connectivity index (χ2v) is 5.82. The van der Waals surface area contributed by atoms with Crippen LogP contribution in [0.5, 0.6) is 0 Å². The smallest absolute Gasteiger partial charge is 0.207 e. The first-order valence-corrected chi connectivity index (χ1v) is 7.39. The molecule has 98 valence electrons. The van der Waals surface area contributed by atoms with Gasteiger partial charge in [-0.25, -0.2) is 0 Å². The number of nitriles is 1. The highest BCUT2D eigenvalue weighted by atomic mass is 32.1. The molecule has 0 saturated carbocycles. The highest BCUT2D eigenvalue weighted by Crippen LogP contribution is 2.36. The Balaban J connectivity index is 2.26.